The van der Waals surface area contributed by atoms with Crippen LogP contribution in [-0.2, 0) is 11.3 Å². The molecule has 1 unspecified atom stereocenters. The number of fused-ring (bicyclic) bond motifs is 1. The van der Waals surface area contributed by atoms with Crippen LogP contribution < -0.4 is 15.9 Å². The highest BCUT2D eigenvalue weighted by Crippen LogP contribution is 2.23. The monoisotopic (exact) mass is 394 g/mol. The zero-order valence-electron chi connectivity index (χ0n) is 17.1. The van der Waals surface area contributed by atoms with Gasteiger partial charge in [0.1, 0.15) is 6.54 Å². The molecule has 1 fully saturated rings. The van der Waals surface area contributed by atoms with Crippen LogP contribution in [0.5, 0.6) is 0 Å². The number of aromatic nitrogens is 4. The molecule has 1 atom stereocenters. The maximum Gasteiger partial charge on any atom is 0.350 e. The largest absolute Gasteiger partial charge is 0.353 e. The molecule has 0 radical (unpaired) electrons. The van der Waals surface area contributed by atoms with Crippen molar-refractivity contribution in [1.29, 1.82) is 0 Å². The first-order valence-electron chi connectivity index (χ1n) is 9.99. The van der Waals surface area contributed by atoms with Gasteiger partial charge in [-0.15, -0.1) is 5.10 Å². The second-order valence-electron chi connectivity index (χ2n) is 7.87. The fraction of sp³-hybridized carbons (Fsp3) is 0.429. The van der Waals surface area contributed by atoms with Gasteiger partial charge < -0.3 is 10.2 Å². The van der Waals surface area contributed by atoms with Gasteiger partial charge in [0.05, 0.1) is 0 Å². The molecule has 3 aromatic rings. The summed E-state index contributed by atoms with van der Waals surface area (Å²) in [5.74, 6) is 0.984. The van der Waals surface area contributed by atoms with Crippen molar-refractivity contribution in [3.63, 3.8) is 0 Å². The van der Waals surface area contributed by atoms with E-state index in [1.54, 1.807) is 12.4 Å². The predicted molar refractivity (Wildman–Crippen MR) is 112 cm³/mol. The number of benzene rings is 1. The van der Waals surface area contributed by atoms with Crippen LogP contribution in [0.2, 0.25) is 0 Å². The SMILES string of the molecule is Cc1cccc(NC(=O)Cn2nc3c(N4CCCC(C)C4)nccn3c2=O)c1C. The number of carbonyl (C=O) groups excluding carboxylic acids is 1. The third kappa shape index (κ3) is 3.74. The summed E-state index contributed by atoms with van der Waals surface area (Å²) >= 11 is 0. The Morgan fingerprint density at radius 1 is 1.31 bits per heavy atom. The number of piperidine rings is 1. The third-order valence-electron chi connectivity index (χ3n) is 5.61. The Hall–Kier alpha value is -3.16. The van der Waals surface area contributed by atoms with E-state index in [9.17, 15) is 9.59 Å². The van der Waals surface area contributed by atoms with Gasteiger partial charge >= 0.3 is 5.69 Å². The van der Waals surface area contributed by atoms with Crippen LogP contribution in [0, 0.1) is 19.8 Å². The minimum atomic E-state index is -0.343. The van der Waals surface area contributed by atoms with Gasteiger partial charge in [0.15, 0.2) is 5.82 Å². The molecule has 1 aromatic carbocycles. The first-order valence-corrected chi connectivity index (χ1v) is 9.99. The summed E-state index contributed by atoms with van der Waals surface area (Å²) in [5.41, 5.74) is 3.00. The van der Waals surface area contributed by atoms with E-state index < -0.39 is 0 Å². The van der Waals surface area contributed by atoms with Crippen LogP contribution >= 0.6 is 0 Å². The minimum absolute atomic E-state index is 0.149. The molecule has 152 valence electrons. The van der Waals surface area contributed by atoms with E-state index in [2.05, 4.69) is 27.2 Å². The molecule has 4 rings (SSSR count). The first kappa shape index (κ1) is 19.2. The zero-order chi connectivity index (χ0) is 20.5. The summed E-state index contributed by atoms with van der Waals surface area (Å²) in [6, 6.07) is 5.74. The predicted octanol–water partition coefficient (Wildman–Crippen LogP) is 2.38. The van der Waals surface area contributed by atoms with Crippen LogP contribution in [0.25, 0.3) is 5.65 Å². The quantitative estimate of drug-likeness (QED) is 0.734. The number of hydrogen-bond donors (Lipinski definition) is 1. The molecular weight excluding hydrogens is 368 g/mol. The Morgan fingerprint density at radius 2 is 2.14 bits per heavy atom. The van der Waals surface area contributed by atoms with Crippen LogP contribution in [0.15, 0.2) is 35.4 Å². The van der Waals surface area contributed by atoms with Crippen molar-refractivity contribution in [2.45, 2.75) is 40.2 Å². The average Bonchev–Trinajstić information content (AvgIpc) is 3.01. The van der Waals surface area contributed by atoms with Crippen molar-refractivity contribution < 1.29 is 4.79 Å². The van der Waals surface area contributed by atoms with Crippen molar-refractivity contribution in [3.8, 4) is 0 Å². The fourth-order valence-corrected chi connectivity index (χ4v) is 3.86. The van der Waals surface area contributed by atoms with Crippen molar-refractivity contribution >= 4 is 23.1 Å². The Balaban J connectivity index is 1.60. The van der Waals surface area contributed by atoms with Crippen molar-refractivity contribution in [1.82, 2.24) is 19.2 Å². The van der Waals surface area contributed by atoms with Crippen LogP contribution in [0.1, 0.15) is 30.9 Å². The van der Waals surface area contributed by atoms with Crippen LogP contribution in [0.4, 0.5) is 11.5 Å². The Labute approximate surface area is 169 Å². The van der Waals surface area contributed by atoms with E-state index in [0.29, 0.717) is 17.4 Å². The first-order chi connectivity index (χ1) is 13.9. The smallest absolute Gasteiger partial charge is 0.350 e. The molecule has 0 bridgehead atoms. The number of aryl methyl sites for hydroxylation is 1. The highest BCUT2D eigenvalue weighted by Gasteiger charge is 2.22. The fourth-order valence-electron chi connectivity index (χ4n) is 3.86. The maximum atomic E-state index is 12.8. The van der Waals surface area contributed by atoms with Crippen molar-refractivity contribution in [3.05, 3.63) is 52.2 Å². The number of anilines is 2. The van der Waals surface area contributed by atoms with Gasteiger partial charge in [-0.2, -0.15) is 0 Å². The van der Waals surface area contributed by atoms with E-state index in [-0.39, 0.29) is 18.1 Å². The summed E-state index contributed by atoms with van der Waals surface area (Å²) in [6.07, 6.45) is 5.50. The second-order valence-corrected chi connectivity index (χ2v) is 7.87. The highest BCUT2D eigenvalue weighted by molar-refractivity contribution is 5.91. The van der Waals surface area contributed by atoms with Gasteiger partial charge in [-0.05, 0) is 49.8 Å². The maximum absolute atomic E-state index is 12.8. The van der Waals surface area contributed by atoms with Gasteiger partial charge in [-0.1, -0.05) is 19.1 Å². The minimum Gasteiger partial charge on any atom is -0.353 e. The molecule has 1 saturated heterocycles. The van der Waals surface area contributed by atoms with Gasteiger partial charge in [-0.3, -0.25) is 4.79 Å². The lowest BCUT2D eigenvalue weighted by Gasteiger charge is -2.31. The molecule has 1 aliphatic heterocycles. The molecular formula is C21H26N6O2. The van der Waals surface area contributed by atoms with E-state index in [1.165, 1.54) is 15.5 Å². The number of amides is 1. The second kappa shape index (κ2) is 7.69. The summed E-state index contributed by atoms with van der Waals surface area (Å²) in [6.45, 7) is 7.80. The van der Waals surface area contributed by atoms with E-state index >= 15 is 0 Å². The summed E-state index contributed by atoms with van der Waals surface area (Å²) in [7, 11) is 0. The molecule has 3 heterocycles. The molecule has 1 N–H and O–H groups in total. The molecule has 0 spiro atoms. The molecule has 2 aromatic heterocycles. The van der Waals surface area contributed by atoms with E-state index in [0.717, 1.165) is 36.3 Å². The lowest BCUT2D eigenvalue weighted by Crippen LogP contribution is -2.35. The van der Waals surface area contributed by atoms with Gasteiger partial charge in [0.25, 0.3) is 0 Å². The molecule has 0 saturated carbocycles. The normalized spacial score (nSPS) is 16.9. The Kier molecular flexibility index (Phi) is 5.08. The van der Waals surface area contributed by atoms with Crippen molar-refractivity contribution in [2.75, 3.05) is 23.3 Å². The average molecular weight is 394 g/mol. The highest BCUT2D eigenvalue weighted by atomic mass is 16.2. The molecule has 8 nitrogen and oxygen atoms in total. The Morgan fingerprint density at radius 3 is 2.93 bits per heavy atom. The van der Waals surface area contributed by atoms with Gasteiger partial charge in [0, 0.05) is 31.2 Å². The van der Waals surface area contributed by atoms with E-state index in [4.69, 9.17) is 0 Å². The zero-order valence-corrected chi connectivity index (χ0v) is 17.1. The number of carbonyl (C=O) groups is 1. The topological polar surface area (TPSA) is 84.5 Å². The van der Waals surface area contributed by atoms with Gasteiger partial charge in [-0.25, -0.2) is 18.9 Å². The standard InChI is InChI=1S/C21H26N6O2/c1-14-6-5-10-25(12-14)19-20-24-27(21(29)26(20)11-9-22-19)13-18(28)23-17-8-4-7-15(2)16(17)3/h4,7-9,11,14H,5-6,10,12-13H2,1-3H3,(H,23,28). The molecule has 1 amide bonds. The van der Waals surface area contributed by atoms with Crippen LogP contribution in [-0.4, -0.2) is 38.2 Å². The summed E-state index contributed by atoms with van der Waals surface area (Å²) in [4.78, 5) is 32.0. The number of nitrogens with zero attached hydrogens (tertiary/aromatic N) is 5. The summed E-state index contributed by atoms with van der Waals surface area (Å²) < 4.78 is 2.67. The molecule has 29 heavy (non-hydrogen) atoms. The lowest BCUT2D eigenvalue weighted by molar-refractivity contribution is -0.117. The molecule has 8 heteroatoms. The van der Waals surface area contributed by atoms with Crippen molar-refractivity contribution in [2.24, 2.45) is 5.92 Å². The lowest BCUT2D eigenvalue weighted by atomic mass is 10.0. The Bertz CT molecular complexity index is 1120. The van der Waals surface area contributed by atoms with E-state index in [1.807, 2.05) is 32.0 Å². The number of rotatable bonds is 4. The number of hydrogen-bond acceptors (Lipinski definition) is 5. The third-order valence-corrected chi connectivity index (χ3v) is 5.61. The number of nitrogens with one attached hydrogen (secondary N) is 1. The molecule has 1 aliphatic rings. The van der Waals surface area contributed by atoms with Crippen LogP contribution in [0.3, 0.4) is 0 Å². The summed E-state index contributed by atoms with van der Waals surface area (Å²) in [5, 5.41) is 7.32. The van der Waals surface area contributed by atoms with Gasteiger partial charge in [0.2, 0.25) is 11.6 Å². The molecule has 0 aliphatic carbocycles.